The number of hydrogen-bond donors (Lipinski definition) is 1. The minimum absolute atomic E-state index is 1.14. The van der Waals surface area contributed by atoms with Crippen LogP contribution in [0, 0.1) is 0 Å². The van der Waals surface area contributed by atoms with Gasteiger partial charge in [-0.25, -0.2) is 0 Å². The first-order valence-corrected chi connectivity index (χ1v) is 5.24. The standard InChI is InChI=1S/C9H14BrN/c10-7-3-1-2-5-9-6-4-8-11-9/h4,6,8,11H,1-3,5,7H2. The van der Waals surface area contributed by atoms with Gasteiger partial charge in [-0.3, -0.25) is 0 Å². The highest BCUT2D eigenvalue weighted by Gasteiger charge is 1.91. The van der Waals surface area contributed by atoms with Crippen LogP contribution in [0.4, 0.5) is 0 Å². The minimum Gasteiger partial charge on any atom is -0.365 e. The Hall–Kier alpha value is -0.240. The number of H-pyrrole nitrogens is 1. The molecular weight excluding hydrogens is 202 g/mol. The summed E-state index contributed by atoms with van der Waals surface area (Å²) < 4.78 is 0. The largest absolute Gasteiger partial charge is 0.365 e. The van der Waals surface area contributed by atoms with Crippen LogP contribution in [0.25, 0.3) is 0 Å². The SMILES string of the molecule is BrCCCCCc1ccc[nH]1. The normalized spacial score (nSPS) is 10.3. The summed E-state index contributed by atoms with van der Waals surface area (Å²) in [6.45, 7) is 0. The number of aromatic amines is 1. The number of rotatable bonds is 5. The summed E-state index contributed by atoms with van der Waals surface area (Å²) in [6.07, 6.45) is 7.09. The Bertz CT molecular complexity index is 170. The zero-order chi connectivity index (χ0) is 7.94. The second-order valence-corrected chi connectivity index (χ2v) is 3.49. The topological polar surface area (TPSA) is 15.8 Å². The number of hydrogen-bond acceptors (Lipinski definition) is 0. The highest BCUT2D eigenvalue weighted by molar-refractivity contribution is 9.09. The van der Waals surface area contributed by atoms with Gasteiger partial charge in [0, 0.05) is 17.2 Å². The zero-order valence-corrected chi connectivity index (χ0v) is 8.23. The molecule has 62 valence electrons. The molecule has 0 spiro atoms. The second kappa shape index (κ2) is 5.42. The quantitative estimate of drug-likeness (QED) is 0.574. The van der Waals surface area contributed by atoms with Crippen molar-refractivity contribution in [1.29, 1.82) is 0 Å². The van der Waals surface area contributed by atoms with Crippen LogP contribution in [0.5, 0.6) is 0 Å². The monoisotopic (exact) mass is 215 g/mol. The molecule has 0 aliphatic rings. The van der Waals surface area contributed by atoms with Crippen LogP contribution in [0.3, 0.4) is 0 Å². The van der Waals surface area contributed by atoms with Gasteiger partial charge in [0.2, 0.25) is 0 Å². The summed E-state index contributed by atoms with van der Waals surface area (Å²) in [5, 5.41) is 1.14. The molecule has 0 atom stereocenters. The van der Waals surface area contributed by atoms with E-state index >= 15 is 0 Å². The highest BCUT2D eigenvalue weighted by Crippen LogP contribution is 2.04. The molecule has 2 heteroatoms. The zero-order valence-electron chi connectivity index (χ0n) is 6.65. The molecule has 0 saturated heterocycles. The molecule has 1 N–H and O–H groups in total. The molecule has 0 unspecified atom stereocenters. The van der Waals surface area contributed by atoms with E-state index in [-0.39, 0.29) is 0 Å². The molecule has 0 aromatic carbocycles. The van der Waals surface area contributed by atoms with Gasteiger partial charge in [-0.1, -0.05) is 22.4 Å². The highest BCUT2D eigenvalue weighted by atomic mass is 79.9. The van der Waals surface area contributed by atoms with Crippen LogP contribution < -0.4 is 0 Å². The van der Waals surface area contributed by atoms with Crippen molar-refractivity contribution in [3.63, 3.8) is 0 Å². The van der Waals surface area contributed by atoms with Gasteiger partial charge >= 0.3 is 0 Å². The lowest BCUT2D eigenvalue weighted by atomic mass is 10.2. The summed E-state index contributed by atoms with van der Waals surface area (Å²) in [6, 6.07) is 4.20. The first-order chi connectivity index (χ1) is 5.43. The smallest absolute Gasteiger partial charge is 0.0147 e. The van der Waals surface area contributed by atoms with Gasteiger partial charge in [0.05, 0.1) is 0 Å². The molecular formula is C9H14BrN. The van der Waals surface area contributed by atoms with Gasteiger partial charge in [0.1, 0.15) is 0 Å². The van der Waals surface area contributed by atoms with Gasteiger partial charge in [-0.05, 0) is 31.4 Å². The molecule has 0 amide bonds. The van der Waals surface area contributed by atoms with Crippen molar-refractivity contribution < 1.29 is 0 Å². The summed E-state index contributed by atoms with van der Waals surface area (Å²) in [4.78, 5) is 3.20. The third-order valence-electron chi connectivity index (χ3n) is 1.74. The Morgan fingerprint density at radius 1 is 1.27 bits per heavy atom. The minimum atomic E-state index is 1.14. The molecule has 0 aliphatic carbocycles. The molecule has 0 radical (unpaired) electrons. The number of aromatic nitrogens is 1. The van der Waals surface area contributed by atoms with Crippen molar-refractivity contribution in [2.24, 2.45) is 0 Å². The summed E-state index contributed by atoms with van der Waals surface area (Å²) in [5.74, 6) is 0. The van der Waals surface area contributed by atoms with E-state index in [1.807, 2.05) is 6.20 Å². The maximum absolute atomic E-state index is 3.42. The maximum atomic E-state index is 3.42. The first kappa shape index (κ1) is 8.85. The summed E-state index contributed by atoms with van der Waals surface area (Å²) >= 11 is 3.42. The van der Waals surface area contributed by atoms with Crippen LogP contribution in [0.2, 0.25) is 0 Å². The van der Waals surface area contributed by atoms with E-state index in [4.69, 9.17) is 0 Å². The van der Waals surface area contributed by atoms with Crippen LogP contribution in [0.15, 0.2) is 18.3 Å². The van der Waals surface area contributed by atoms with Crippen LogP contribution in [-0.2, 0) is 6.42 Å². The van der Waals surface area contributed by atoms with E-state index in [9.17, 15) is 0 Å². The lowest BCUT2D eigenvalue weighted by Gasteiger charge is -1.96. The molecule has 1 aromatic rings. The van der Waals surface area contributed by atoms with Gasteiger partial charge in [-0.2, -0.15) is 0 Å². The molecule has 1 nitrogen and oxygen atoms in total. The third-order valence-corrected chi connectivity index (χ3v) is 2.30. The molecule has 0 aliphatic heterocycles. The lowest BCUT2D eigenvalue weighted by molar-refractivity contribution is 0.716. The van der Waals surface area contributed by atoms with E-state index in [1.165, 1.54) is 31.4 Å². The van der Waals surface area contributed by atoms with E-state index < -0.39 is 0 Å². The molecule has 1 rings (SSSR count). The van der Waals surface area contributed by atoms with Gasteiger partial charge in [0.15, 0.2) is 0 Å². The number of aryl methyl sites for hydroxylation is 1. The average molecular weight is 216 g/mol. The Morgan fingerprint density at radius 2 is 2.18 bits per heavy atom. The van der Waals surface area contributed by atoms with Gasteiger partial charge < -0.3 is 4.98 Å². The number of unbranched alkanes of at least 4 members (excludes halogenated alkanes) is 2. The van der Waals surface area contributed by atoms with E-state index in [0.717, 1.165) is 5.33 Å². The molecule has 1 heterocycles. The average Bonchev–Trinajstić information content (AvgIpc) is 2.50. The van der Waals surface area contributed by atoms with Crippen LogP contribution in [0.1, 0.15) is 25.0 Å². The summed E-state index contributed by atoms with van der Waals surface area (Å²) in [7, 11) is 0. The number of alkyl halides is 1. The van der Waals surface area contributed by atoms with E-state index in [0.29, 0.717) is 0 Å². The molecule has 11 heavy (non-hydrogen) atoms. The van der Waals surface area contributed by atoms with E-state index in [1.54, 1.807) is 0 Å². The second-order valence-electron chi connectivity index (χ2n) is 2.70. The van der Waals surface area contributed by atoms with Crippen molar-refractivity contribution in [2.75, 3.05) is 5.33 Å². The van der Waals surface area contributed by atoms with Crippen molar-refractivity contribution in [2.45, 2.75) is 25.7 Å². The van der Waals surface area contributed by atoms with Crippen LogP contribution >= 0.6 is 15.9 Å². The summed E-state index contributed by atoms with van der Waals surface area (Å²) in [5.41, 5.74) is 1.36. The third kappa shape index (κ3) is 3.61. The number of nitrogens with one attached hydrogen (secondary N) is 1. The maximum Gasteiger partial charge on any atom is 0.0147 e. The predicted molar refractivity (Wildman–Crippen MR) is 52.1 cm³/mol. The fraction of sp³-hybridized carbons (Fsp3) is 0.556. The van der Waals surface area contributed by atoms with Gasteiger partial charge in [0.25, 0.3) is 0 Å². The van der Waals surface area contributed by atoms with Crippen molar-refractivity contribution >= 4 is 15.9 Å². The van der Waals surface area contributed by atoms with Crippen LogP contribution in [-0.4, -0.2) is 10.3 Å². The molecule has 1 aromatic heterocycles. The fourth-order valence-corrected chi connectivity index (χ4v) is 1.51. The lowest BCUT2D eigenvalue weighted by Crippen LogP contribution is -1.85. The Labute approximate surface area is 76.3 Å². The number of halogens is 1. The van der Waals surface area contributed by atoms with Crippen molar-refractivity contribution in [3.05, 3.63) is 24.0 Å². The Kier molecular flexibility index (Phi) is 4.36. The first-order valence-electron chi connectivity index (χ1n) is 4.11. The van der Waals surface area contributed by atoms with Crippen molar-refractivity contribution in [1.82, 2.24) is 4.98 Å². The Balaban J connectivity index is 2.04. The molecule has 0 bridgehead atoms. The fourth-order valence-electron chi connectivity index (χ4n) is 1.11. The predicted octanol–water partition coefficient (Wildman–Crippen LogP) is 3.12. The molecule has 0 fully saturated rings. The van der Waals surface area contributed by atoms with E-state index in [2.05, 4.69) is 33.0 Å². The molecule has 0 saturated carbocycles. The Morgan fingerprint density at radius 3 is 2.82 bits per heavy atom. The van der Waals surface area contributed by atoms with Gasteiger partial charge in [-0.15, -0.1) is 0 Å². The van der Waals surface area contributed by atoms with Crippen molar-refractivity contribution in [3.8, 4) is 0 Å².